The van der Waals surface area contributed by atoms with Gasteiger partial charge in [0, 0.05) is 11.5 Å². The van der Waals surface area contributed by atoms with E-state index in [0.29, 0.717) is 10.9 Å². The van der Waals surface area contributed by atoms with Crippen molar-refractivity contribution in [1.82, 2.24) is 4.98 Å². The fraction of sp³-hybridized carbons (Fsp3) is 0.182. The molecule has 0 amide bonds. The summed E-state index contributed by atoms with van der Waals surface area (Å²) in [6, 6.07) is 4.34. The molecular formula is C11H9ClF2N2O2. The molecule has 0 fully saturated rings. The zero-order chi connectivity index (χ0) is 13.3. The number of nitrogens with one attached hydrogen (secondary N) is 1. The molecule has 1 aromatic carbocycles. The molecule has 0 unspecified atom stereocenters. The molecule has 0 aliphatic heterocycles. The molecule has 0 saturated heterocycles. The van der Waals surface area contributed by atoms with Crippen LogP contribution in [0.4, 0.5) is 14.5 Å². The van der Waals surface area contributed by atoms with Gasteiger partial charge < -0.3 is 15.5 Å². The minimum absolute atomic E-state index is 0.0554. The smallest absolute Gasteiger partial charge is 0.272 e. The molecule has 0 aliphatic rings. The highest BCUT2D eigenvalue weighted by molar-refractivity contribution is 6.32. The van der Waals surface area contributed by atoms with Crippen LogP contribution >= 0.6 is 11.6 Å². The number of H-pyrrole nitrogens is 1. The SMILES string of the molecule is Nc1cc2cc(Cl)c(OCC(F)F)cc2[nH]c1=O. The molecule has 1 aromatic heterocycles. The molecule has 0 radical (unpaired) electrons. The highest BCUT2D eigenvalue weighted by atomic mass is 35.5. The van der Waals surface area contributed by atoms with Gasteiger partial charge in [0.25, 0.3) is 12.0 Å². The lowest BCUT2D eigenvalue weighted by Gasteiger charge is -2.09. The number of nitrogen functional groups attached to an aromatic ring is 1. The van der Waals surface area contributed by atoms with Crippen molar-refractivity contribution in [3.8, 4) is 5.75 Å². The molecular weight excluding hydrogens is 266 g/mol. The van der Waals surface area contributed by atoms with Crippen molar-refractivity contribution in [2.45, 2.75) is 6.43 Å². The molecule has 0 aliphatic carbocycles. The van der Waals surface area contributed by atoms with Crippen LogP contribution in [0.3, 0.4) is 0 Å². The second-order valence-electron chi connectivity index (χ2n) is 3.63. The van der Waals surface area contributed by atoms with Crippen LogP contribution in [0.25, 0.3) is 10.9 Å². The van der Waals surface area contributed by atoms with E-state index in [-0.39, 0.29) is 16.5 Å². The number of aromatic nitrogens is 1. The van der Waals surface area contributed by atoms with Gasteiger partial charge in [-0.1, -0.05) is 11.6 Å². The molecule has 0 atom stereocenters. The molecule has 0 saturated carbocycles. The zero-order valence-electron chi connectivity index (χ0n) is 9.04. The van der Waals surface area contributed by atoms with Gasteiger partial charge >= 0.3 is 0 Å². The second-order valence-corrected chi connectivity index (χ2v) is 4.03. The fourth-order valence-corrected chi connectivity index (χ4v) is 1.71. The third kappa shape index (κ3) is 2.53. The van der Waals surface area contributed by atoms with Crippen molar-refractivity contribution in [3.05, 3.63) is 33.6 Å². The van der Waals surface area contributed by atoms with Gasteiger partial charge in [-0.3, -0.25) is 4.79 Å². The zero-order valence-corrected chi connectivity index (χ0v) is 9.80. The van der Waals surface area contributed by atoms with Gasteiger partial charge in [0.2, 0.25) is 0 Å². The second kappa shape index (κ2) is 4.81. The Morgan fingerprint density at radius 2 is 2.11 bits per heavy atom. The predicted octanol–water partition coefficient (Wildman–Crippen LogP) is 2.41. The van der Waals surface area contributed by atoms with Gasteiger partial charge in [-0.05, 0) is 12.1 Å². The molecule has 2 rings (SSSR count). The van der Waals surface area contributed by atoms with E-state index in [2.05, 4.69) is 4.98 Å². The number of aromatic amines is 1. The minimum atomic E-state index is -2.60. The van der Waals surface area contributed by atoms with E-state index in [1.807, 2.05) is 0 Å². The van der Waals surface area contributed by atoms with Crippen molar-refractivity contribution in [1.29, 1.82) is 0 Å². The van der Waals surface area contributed by atoms with E-state index in [9.17, 15) is 13.6 Å². The Balaban J connectivity index is 2.47. The van der Waals surface area contributed by atoms with Crippen LogP contribution in [0.15, 0.2) is 23.0 Å². The van der Waals surface area contributed by atoms with Gasteiger partial charge in [0.15, 0.2) is 0 Å². The lowest BCUT2D eigenvalue weighted by atomic mass is 10.2. The third-order valence-corrected chi connectivity index (χ3v) is 2.59. The minimum Gasteiger partial charge on any atom is -0.486 e. The van der Waals surface area contributed by atoms with E-state index in [0.717, 1.165) is 0 Å². The highest BCUT2D eigenvalue weighted by Gasteiger charge is 2.09. The Kier molecular flexibility index (Phi) is 3.38. The molecule has 18 heavy (non-hydrogen) atoms. The highest BCUT2D eigenvalue weighted by Crippen LogP contribution is 2.29. The summed E-state index contributed by atoms with van der Waals surface area (Å²) in [4.78, 5) is 13.8. The summed E-state index contributed by atoms with van der Waals surface area (Å²) in [5, 5.41) is 0.774. The van der Waals surface area contributed by atoms with Crippen LogP contribution in [0.5, 0.6) is 5.75 Å². The van der Waals surface area contributed by atoms with Crippen molar-refractivity contribution in [2.75, 3.05) is 12.3 Å². The molecule has 1 heterocycles. The third-order valence-electron chi connectivity index (χ3n) is 2.29. The molecule has 4 nitrogen and oxygen atoms in total. The van der Waals surface area contributed by atoms with Crippen LogP contribution in [-0.2, 0) is 0 Å². The lowest BCUT2D eigenvalue weighted by Crippen LogP contribution is -2.11. The van der Waals surface area contributed by atoms with E-state index in [4.69, 9.17) is 22.1 Å². The normalized spacial score (nSPS) is 11.1. The van der Waals surface area contributed by atoms with Gasteiger partial charge in [0.05, 0.1) is 16.2 Å². The molecule has 2 aromatic rings. The number of fused-ring (bicyclic) bond motifs is 1. The molecule has 7 heteroatoms. The average molecular weight is 275 g/mol. The largest absolute Gasteiger partial charge is 0.486 e. The summed E-state index contributed by atoms with van der Waals surface area (Å²) < 4.78 is 28.9. The van der Waals surface area contributed by atoms with E-state index in [1.54, 1.807) is 0 Å². The Morgan fingerprint density at radius 3 is 2.78 bits per heavy atom. The number of hydrogen-bond donors (Lipinski definition) is 2. The Labute approximate surface area is 105 Å². The number of nitrogens with two attached hydrogens (primary N) is 1. The van der Waals surface area contributed by atoms with E-state index < -0.39 is 18.6 Å². The number of benzene rings is 1. The number of alkyl halides is 2. The monoisotopic (exact) mass is 274 g/mol. The maximum atomic E-state index is 12.0. The average Bonchev–Trinajstić information content (AvgIpc) is 2.29. The Morgan fingerprint density at radius 1 is 1.39 bits per heavy atom. The summed E-state index contributed by atoms with van der Waals surface area (Å²) in [5.74, 6) is 0.0879. The summed E-state index contributed by atoms with van der Waals surface area (Å²) in [5.41, 5.74) is 5.48. The number of ether oxygens (including phenoxy) is 1. The van der Waals surface area contributed by atoms with Crippen LogP contribution in [-0.4, -0.2) is 18.0 Å². The first kappa shape index (κ1) is 12.6. The van der Waals surface area contributed by atoms with Gasteiger partial charge in [-0.25, -0.2) is 8.78 Å². The van der Waals surface area contributed by atoms with Gasteiger partial charge in [0.1, 0.15) is 12.4 Å². The molecule has 96 valence electrons. The number of anilines is 1. The first-order chi connectivity index (χ1) is 8.47. The number of hydrogen-bond acceptors (Lipinski definition) is 3. The summed E-state index contributed by atoms with van der Waals surface area (Å²) in [6.45, 7) is -0.759. The Bertz CT molecular complexity index is 643. The first-order valence-corrected chi connectivity index (χ1v) is 5.38. The Hall–Kier alpha value is -1.82. The summed E-state index contributed by atoms with van der Waals surface area (Å²) in [7, 11) is 0. The van der Waals surface area contributed by atoms with E-state index >= 15 is 0 Å². The number of pyridine rings is 1. The maximum absolute atomic E-state index is 12.0. The molecule has 0 spiro atoms. The maximum Gasteiger partial charge on any atom is 0.272 e. The summed E-state index contributed by atoms with van der Waals surface area (Å²) >= 11 is 5.88. The van der Waals surface area contributed by atoms with Crippen LogP contribution in [0, 0.1) is 0 Å². The number of halogens is 3. The summed E-state index contributed by atoms with van der Waals surface area (Å²) in [6.07, 6.45) is -2.60. The standard InChI is InChI=1S/C11H9ClF2N2O2/c12-6-1-5-2-7(15)11(17)16-8(5)3-9(6)18-4-10(13)14/h1-3,10H,4,15H2,(H,16,17). The van der Waals surface area contributed by atoms with Crippen molar-refractivity contribution < 1.29 is 13.5 Å². The topological polar surface area (TPSA) is 68.1 Å². The van der Waals surface area contributed by atoms with Crippen molar-refractivity contribution >= 4 is 28.2 Å². The molecule has 3 N–H and O–H groups in total. The quantitative estimate of drug-likeness (QED) is 0.903. The fourth-order valence-electron chi connectivity index (χ4n) is 1.49. The van der Waals surface area contributed by atoms with Gasteiger partial charge in [-0.2, -0.15) is 0 Å². The van der Waals surface area contributed by atoms with Gasteiger partial charge in [-0.15, -0.1) is 0 Å². The van der Waals surface area contributed by atoms with E-state index in [1.165, 1.54) is 18.2 Å². The number of rotatable bonds is 3. The van der Waals surface area contributed by atoms with Crippen LogP contribution < -0.4 is 16.0 Å². The predicted molar refractivity (Wildman–Crippen MR) is 65.5 cm³/mol. The van der Waals surface area contributed by atoms with Crippen LogP contribution in [0.1, 0.15) is 0 Å². The lowest BCUT2D eigenvalue weighted by molar-refractivity contribution is 0.0820. The first-order valence-electron chi connectivity index (χ1n) is 5.00. The van der Waals surface area contributed by atoms with Crippen molar-refractivity contribution in [3.63, 3.8) is 0 Å². The van der Waals surface area contributed by atoms with Crippen molar-refractivity contribution in [2.24, 2.45) is 0 Å². The molecule has 0 bridgehead atoms. The van der Waals surface area contributed by atoms with Crippen LogP contribution in [0.2, 0.25) is 5.02 Å².